The molecule has 0 aliphatic carbocycles. The number of amides is 1. The topological polar surface area (TPSA) is 109 Å². The first-order chi connectivity index (χ1) is 17.0. The normalized spacial score (nSPS) is 16.8. The molecular formula is C26H33N5O5. The van der Waals surface area contributed by atoms with Gasteiger partial charge in [0, 0.05) is 44.3 Å². The monoisotopic (exact) mass is 495 g/mol. The second-order valence-electron chi connectivity index (χ2n) is 10.2. The standard InChI is InChI=1S/C26H33N5O5/c1-25(2,3)36-24(32)30-15-13-29(14-16-30)20-7-5-19(6-8-20)22-10-9-21(17-23(22)31(33)34)35-18-26(4)27-11-12-28-26/h5-12,17,27-28H,13-16,18H2,1-4H3. The Morgan fingerprint density at radius 1 is 1.06 bits per heavy atom. The molecule has 2 N–H and O–H groups in total. The number of nitrogens with zero attached hydrogens (tertiary/aromatic N) is 3. The zero-order valence-electron chi connectivity index (χ0n) is 21.1. The van der Waals surface area contributed by atoms with Crippen LogP contribution in [-0.2, 0) is 4.74 Å². The van der Waals surface area contributed by atoms with Gasteiger partial charge in [0.2, 0.25) is 0 Å². The molecule has 1 saturated heterocycles. The number of nitro benzene ring substituents is 1. The van der Waals surface area contributed by atoms with Gasteiger partial charge in [-0.2, -0.15) is 0 Å². The van der Waals surface area contributed by atoms with Crippen molar-refractivity contribution in [2.24, 2.45) is 0 Å². The van der Waals surface area contributed by atoms with E-state index >= 15 is 0 Å². The molecule has 0 unspecified atom stereocenters. The van der Waals surface area contributed by atoms with Gasteiger partial charge in [0.1, 0.15) is 23.6 Å². The highest BCUT2D eigenvalue weighted by Crippen LogP contribution is 2.34. The molecule has 2 aliphatic rings. The summed E-state index contributed by atoms with van der Waals surface area (Å²) in [5.74, 6) is 0.432. The Balaban J connectivity index is 1.41. The van der Waals surface area contributed by atoms with Crippen molar-refractivity contribution in [2.75, 3.05) is 37.7 Å². The van der Waals surface area contributed by atoms with Gasteiger partial charge >= 0.3 is 6.09 Å². The smallest absolute Gasteiger partial charge is 0.410 e. The molecule has 0 saturated carbocycles. The molecule has 0 atom stereocenters. The Hall–Kier alpha value is -3.95. The minimum absolute atomic E-state index is 0.0122. The van der Waals surface area contributed by atoms with Gasteiger partial charge in [0.05, 0.1) is 16.6 Å². The third-order valence-corrected chi connectivity index (χ3v) is 6.06. The summed E-state index contributed by atoms with van der Waals surface area (Å²) in [6, 6.07) is 12.6. The van der Waals surface area contributed by atoms with E-state index in [1.807, 2.05) is 52.0 Å². The van der Waals surface area contributed by atoms with Crippen molar-refractivity contribution in [2.45, 2.75) is 39.0 Å². The van der Waals surface area contributed by atoms with Crippen molar-refractivity contribution >= 4 is 17.5 Å². The van der Waals surface area contributed by atoms with E-state index in [9.17, 15) is 14.9 Å². The molecule has 192 valence electrons. The number of nitro groups is 1. The number of ether oxygens (including phenoxy) is 2. The average molecular weight is 496 g/mol. The molecular weight excluding hydrogens is 462 g/mol. The summed E-state index contributed by atoms with van der Waals surface area (Å²) in [6.07, 6.45) is 3.29. The minimum atomic E-state index is -0.517. The quantitative estimate of drug-likeness (QED) is 0.456. The fourth-order valence-corrected chi connectivity index (χ4v) is 4.13. The fourth-order valence-electron chi connectivity index (χ4n) is 4.13. The lowest BCUT2D eigenvalue weighted by Gasteiger charge is -2.36. The maximum Gasteiger partial charge on any atom is 0.410 e. The second kappa shape index (κ2) is 9.96. The maximum absolute atomic E-state index is 12.3. The molecule has 0 aromatic heterocycles. The van der Waals surface area contributed by atoms with Gasteiger partial charge in [-0.1, -0.05) is 12.1 Å². The number of piperazine rings is 1. The number of hydrogen-bond donors (Lipinski definition) is 2. The number of carbonyl (C=O) groups excluding carboxylic acids is 1. The lowest BCUT2D eigenvalue weighted by atomic mass is 10.0. The highest BCUT2D eigenvalue weighted by Gasteiger charge is 2.27. The van der Waals surface area contributed by atoms with E-state index in [1.54, 1.807) is 29.4 Å². The van der Waals surface area contributed by atoms with Gasteiger partial charge in [0.15, 0.2) is 0 Å². The first kappa shape index (κ1) is 25.2. The average Bonchev–Trinajstić information content (AvgIpc) is 3.28. The number of nitrogens with one attached hydrogen (secondary N) is 2. The fraction of sp³-hybridized carbons (Fsp3) is 0.423. The molecule has 0 bridgehead atoms. The molecule has 2 aromatic rings. The Bertz CT molecular complexity index is 1130. The molecule has 2 aliphatic heterocycles. The van der Waals surface area contributed by atoms with Crippen molar-refractivity contribution in [1.82, 2.24) is 15.5 Å². The van der Waals surface area contributed by atoms with E-state index in [0.717, 1.165) is 11.3 Å². The van der Waals surface area contributed by atoms with Crippen LogP contribution in [0.3, 0.4) is 0 Å². The van der Waals surface area contributed by atoms with Crippen LogP contribution in [0.25, 0.3) is 11.1 Å². The van der Waals surface area contributed by atoms with E-state index in [0.29, 0.717) is 44.1 Å². The van der Waals surface area contributed by atoms with E-state index in [4.69, 9.17) is 9.47 Å². The minimum Gasteiger partial charge on any atom is -0.489 e. The summed E-state index contributed by atoms with van der Waals surface area (Å²) >= 11 is 0. The lowest BCUT2D eigenvalue weighted by molar-refractivity contribution is -0.384. The van der Waals surface area contributed by atoms with Crippen molar-refractivity contribution < 1.29 is 19.2 Å². The number of hydrogen-bond acceptors (Lipinski definition) is 8. The first-order valence-corrected chi connectivity index (χ1v) is 12.0. The Morgan fingerprint density at radius 3 is 2.28 bits per heavy atom. The zero-order chi connectivity index (χ0) is 25.9. The van der Waals surface area contributed by atoms with Crippen LogP contribution in [0, 0.1) is 10.1 Å². The summed E-state index contributed by atoms with van der Waals surface area (Å²) < 4.78 is 11.3. The molecule has 0 radical (unpaired) electrons. The van der Waals surface area contributed by atoms with E-state index < -0.39 is 11.3 Å². The summed E-state index contributed by atoms with van der Waals surface area (Å²) in [7, 11) is 0. The summed E-state index contributed by atoms with van der Waals surface area (Å²) in [5.41, 5.74) is 1.29. The van der Waals surface area contributed by atoms with E-state index in [2.05, 4.69) is 15.5 Å². The molecule has 10 heteroatoms. The van der Waals surface area contributed by atoms with Crippen LogP contribution in [0.2, 0.25) is 0 Å². The van der Waals surface area contributed by atoms with Crippen LogP contribution < -0.4 is 20.3 Å². The van der Waals surface area contributed by atoms with Crippen LogP contribution in [0.1, 0.15) is 27.7 Å². The van der Waals surface area contributed by atoms with Crippen LogP contribution in [0.15, 0.2) is 54.9 Å². The first-order valence-electron chi connectivity index (χ1n) is 12.0. The molecule has 36 heavy (non-hydrogen) atoms. The molecule has 2 aromatic carbocycles. The predicted octanol–water partition coefficient (Wildman–Crippen LogP) is 4.08. The number of anilines is 1. The zero-order valence-corrected chi connectivity index (χ0v) is 21.1. The Morgan fingerprint density at radius 2 is 1.69 bits per heavy atom. The summed E-state index contributed by atoms with van der Waals surface area (Å²) in [4.78, 5) is 27.7. The number of rotatable bonds is 6. The lowest BCUT2D eigenvalue weighted by Crippen LogP contribution is -2.50. The Kier molecular flexibility index (Phi) is 6.96. The molecule has 4 rings (SSSR count). The molecule has 1 amide bonds. The summed E-state index contributed by atoms with van der Waals surface area (Å²) in [5, 5.41) is 18.1. The molecule has 2 heterocycles. The van der Waals surface area contributed by atoms with Crippen LogP contribution >= 0.6 is 0 Å². The maximum atomic E-state index is 12.3. The number of carbonyl (C=O) groups is 1. The Labute approximate surface area is 211 Å². The third kappa shape index (κ3) is 5.99. The van der Waals surface area contributed by atoms with Gasteiger partial charge in [-0.25, -0.2) is 4.79 Å². The van der Waals surface area contributed by atoms with E-state index in [1.165, 1.54) is 6.07 Å². The third-order valence-electron chi connectivity index (χ3n) is 6.06. The largest absolute Gasteiger partial charge is 0.489 e. The van der Waals surface area contributed by atoms with Crippen molar-refractivity contribution in [1.29, 1.82) is 0 Å². The van der Waals surface area contributed by atoms with Crippen molar-refractivity contribution in [3.63, 3.8) is 0 Å². The molecule has 1 fully saturated rings. The highest BCUT2D eigenvalue weighted by molar-refractivity contribution is 5.76. The molecule has 10 nitrogen and oxygen atoms in total. The van der Waals surface area contributed by atoms with E-state index in [-0.39, 0.29) is 16.7 Å². The molecule has 0 spiro atoms. The van der Waals surface area contributed by atoms with Gasteiger partial charge in [-0.05, 0) is 57.5 Å². The van der Waals surface area contributed by atoms with Crippen molar-refractivity contribution in [3.05, 3.63) is 65.0 Å². The highest BCUT2D eigenvalue weighted by atomic mass is 16.6. The summed E-state index contributed by atoms with van der Waals surface area (Å²) in [6.45, 7) is 10.3. The second-order valence-corrected chi connectivity index (χ2v) is 10.2. The van der Waals surface area contributed by atoms with Gasteiger partial charge in [-0.15, -0.1) is 0 Å². The SMILES string of the molecule is CC1(COc2ccc(-c3ccc(N4CCN(C(=O)OC(C)(C)C)CC4)cc3)c([N+](=O)[O-])c2)NC=CN1. The van der Waals surface area contributed by atoms with Crippen LogP contribution in [-0.4, -0.2) is 60.0 Å². The van der Waals surface area contributed by atoms with Gasteiger partial charge < -0.3 is 29.9 Å². The van der Waals surface area contributed by atoms with Crippen LogP contribution in [0.4, 0.5) is 16.2 Å². The number of benzene rings is 2. The van der Waals surface area contributed by atoms with Gasteiger partial charge in [-0.3, -0.25) is 10.1 Å². The van der Waals surface area contributed by atoms with Gasteiger partial charge in [0.25, 0.3) is 5.69 Å². The predicted molar refractivity (Wildman–Crippen MR) is 138 cm³/mol. The van der Waals surface area contributed by atoms with Crippen LogP contribution in [0.5, 0.6) is 5.75 Å². The van der Waals surface area contributed by atoms with Crippen molar-refractivity contribution in [3.8, 4) is 16.9 Å².